The molecule has 1 unspecified atom stereocenters. The summed E-state index contributed by atoms with van der Waals surface area (Å²) in [5, 5.41) is 11.7. The van der Waals surface area contributed by atoms with Gasteiger partial charge < -0.3 is 9.84 Å². The van der Waals surface area contributed by atoms with Gasteiger partial charge in [-0.25, -0.2) is 4.98 Å². The van der Waals surface area contributed by atoms with Gasteiger partial charge in [-0.2, -0.15) is 0 Å². The van der Waals surface area contributed by atoms with E-state index in [2.05, 4.69) is 11.9 Å². The zero-order chi connectivity index (χ0) is 26.8. The summed E-state index contributed by atoms with van der Waals surface area (Å²) in [4.78, 5) is 37.1. The van der Waals surface area contributed by atoms with E-state index in [9.17, 15) is 14.7 Å². The van der Waals surface area contributed by atoms with Crippen LogP contribution in [-0.2, 0) is 9.59 Å². The number of aromatic nitrogens is 2. The van der Waals surface area contributed by atoms with Gasteiger partial charge in [0.2, 0.25) is 0 Å². The maximum Gasteiger partial charge on any atom is 0.301 e. The van der Waals surface area contributed by atoms with Gasteiger partial charge in [-0.1, -0.05) is 49.3 Å². The molecule has 5 rings (SSSR count). The maximum atomic E-state index is 13.5. The first-order valence-electron chi connectivity index (χ1n) is 12.7. The highest BCUT2D eigenvalue weighted by molar-refractivity contribution is 7.22. The highest BCUT2D eigenvalue weighted by Gasteiger charge is 2.48. The number of hydrogen-bond acceptors (Lipinski definition) is 7. The summed E-state index contributed by atoms with van der Waals surface area (Å²) < 4.78 is 6.79. The molecule has 2 aromatic carbocycles. The number of anilines is 1. The molecule has 194 valence electrons. The van der Waals surface area contributed by atoms with Crippen LogP contribution in [-0.4, -0.2) is 33.4 Å². The van der Waals surface area contributed by atoms with Crippen molar-refractivity contribution < 1.29 is 19.4 Å². The Hall–Kier alpha value is -4.04. The van der Waals surface area contributed by atoms with E-state index in [0.29, 0.717) is 28.6 Å². The number of aliphatic hydroxyl groups excluding tert-OH is 1. The van der Waals surface area contributed by atoms with Crippen molar-refractivity contribution in [3.8, 4) is 5.75 Å². The molecule has 0 spiro atoms. The Balaban J connectivity index is 1.61. The number of unbranched alkanes of at least 4 members (excludes halogenated alkanes) is 2. The highest BCUT2D eigenvalue weighted by Crippen LogP contribution is 2.45. The molecule has 0 saturated carbocycles. The van der Waals surface area contributed by atoms with Crippen LogP contribution in [0.2, 0.25) is 0 Å². The van der Waals surface area contributed by atoms with E-state index in [1.807, 2.05) is 50.2 Å². The number of carbonyl (C=O) groups is 2. The van der Waals surface area contributed by atoms with E-state index in [-0.39, 0.29) is 11.3 Å². The average molecular weight is 528 g/mol. The first kappa shape index (κ1) is 25.6. The molecule has 1 N–H and O–H groups in total. The number of aryl methyl sites for hydroxylation is 2. The van der Waals surface area contributed by atoms with E-state index in [1.165, 1.54) is 28.6 Å². The summed E-state index contributed by atoms with van der Waals surface area (Å²) in [6.45, 7) is 6.76. The predicted octanol–water partition coefficient (Wildman–Crippen LogP) is 6.50. The number of amides is 1. The average Bonchev–Trinajstić information content (AvgIpc) is 3.45. The largest absolute Gasteiger partial charge is 0.507 e. The molecule has 0 radical (unpaired) electrons. The lowest BCUT2D eigenvalue weighted by Crippen LogP contribution is -2.29. The molecule has 1 aliphatic rings. The van der Waals surface area contributed by atoms with Gasteiger partial charge in [0, 0.05) is 18.0 Å². The molecule has 4 aromatic rings. The lowest BCUT2D eigenvalue weighted by Gasteiger charge is -2.23. The van der Waals surface area contributed by atoms with Gasteiger partial charge in [-0.3, -0.25) is 19.5 Å². The van der Waals surface area contributed by atoms with Gasteiger partial charge in [0.1, 0.15) is 11.5 Å². The van der Waals surface area contributed by atoms with Crippen molar-refractivity contribution in [2.24, 2.45) is 0 Å². The lowest BCUT2D eigenvalue weighted by atomic mass is 9.95. The fourth-order valence-corrected chi connectivity index (χ4v) is 5.93. The molecule has 1 fully saturated rings. The summed E-state index contributed by atoms with van der Waals surface area (Å²) in [5.74, 6) is -1.01. The second kappa shape index (κ2) is 10.8. The zero-order valence-corrected chi connectivity index (χ0v) is 22.4. The fraction of sp³-hybridized carbons (Fsp3) is 0.267. The van der Waals surface area contributed by atoms with Gasteiger partial charge in [0.25, 0.3) is 5.78 Å². The normalized spacial score (nSPS) is 16.9. The van der Waals surface area contributed by atoms with Gasteiger partial charge in [-0.15, -0.1) is 0 Å². The summed E-state index contributed by atoms with van der Waals surface area (Å²) in [6.07, 6.45) is 6.25. The third kappa shape index (κ3) is 4.79. The Bertz CT molecular complexity index is 1530. The quantitative estimate of drug-likeness (QED) is 0.122. The standard InChI is InChI=1S/C30H29N3O4S/c1-4-5-6-15-37-22-9-7-20(8-10-22)26-24(27(34)21-11-13-31-14-12-21)28(35)29(36)33(26)30-32-25-19(3)16-18(2)17-23(25)38-30/h7-14,16-17,26,34H,4-6,15H2,1-3H3. The van der Waals surface area contributed by atoms with Crippen LogP contribution in [0.4, 0.5) is 5.13 Å². The predicted molar refractivity (Wildman–Crippen MR) is 150 cm³/mol. The van der Waals surface area contributed by atoms with E-state index < -0.39 is 17.7 Å². The topological polar surface area (TPSA) is 92.6 Å². The minimum atomic E-state index is -0.848. The lowest BCUT2D eigenvalue weighted by molar-refractivity contribution is -0.132. The molecule has 1 aliphatic heterocycles. The maximum absolute atomic E-state index is 13.5. The molecular weight excluding hydrogens is 498 g/mol. The van der Waals surface area contributed by atoms with E-state index in [4.69, 9.17) is 9.72 Å². The second-order valence-corrected chi connectivity index (χ2v) is 10.5. The van der Waals surface area contributed by atoms with Crippen LogP contribution in [0.3, 0.4) is 0 Å². The minimum Gasteiger partial charge on any atom is -0.507 e. The minimum absolute atomic E-state index is 0.0185. The van der Waals surface area contributed by atoms with Crippen LogP contribution in [0.1, 0.15) is 54.5 Å². The molecule has 1 saturated heterocycles. The molecule has 8 heteroatoms. The summed E-state index contributed by atoms with van der Waals surface area (Å²) in [5.41, 5.74) is 3.99. The number of fused-ring (bicyclic) bond motifs is 1. The first-order chi connectivity index (χ1) is 18.4. The Morgan fingerprint density at radius 1 is 1.05 bits per heavy atom. The Labute approximate surface area is 225 Å². The number of ether oxygens (including phenoxy) is 1. The molecule has 3 heterocycles. The monoisotopic (exact) mass is 527 g/mol. The molecule has 1 atom stereocenters. The number of pyridine rings is 1. The van der Waals surface area contributed by atoms with Crippen molar-refractivity contribution in [3.05, 3.63) is 88.8 Å². The van der Waals surface area contributed by atoms with Crippen molar-refractivity contribution in [2.75, 3.05) is 11.5 Å². The van der Waals surface area contributed by atoms with Crippen LogP contribution in [0.15, 0.2) is 66.5 Å². The number of Topliss-reactive ketones (excluding diaryl/α,β-unsaturated/α-hetero) is 1. The van der Waals surface area contributed by atoms with Crippen molar-refractivity contribution in [3.63, 3.8) is 0 Å². The Kier molecular flexibility index (Phi) is 7.24. The highest BCUT2D eigenvalue weighted by atomic mass is 32.1. The van der Waals surface area contributed by atoms with Gasteiger partial charge in [-0.05, 0) is 67.3 Å². The van der Waals surface area contributed by atoms with Crippen LogP contribution < -0.4 is 9.64 Å². The van der Waals surface area contributed by atoms with Gasteiger partial charge in [0.05, 0.1) is 28.4 Å². The number of nitrogens with zero attached hydrogens (tertiary/aromatic N) is 3. The van der Waals surface area contributed by atoms with Crippen molar-refractivity contribution in [1.82, 2.24) is 9.97 Å². The molecule has 2 aromatic heterocycles. The SMILES string of the molecule is CCCCCOc1ccc(C2C(=C(O)c3ccncc3)C(=O)C(=O)N2c2nc3c(C)cc(C)cc3s2)cc1. The first-order valence-corrected chi connectivity index (χ1v) is 13.5. The van der Waals surface area contributed by atoms with Crippen molar-refractivity contribution in [1.29, 1.82) is 0 Å². The number of aliphatic hydroxyl groups is 1. The van der Waals surface area contributed by atoms with E-state index >= 15 is 0 Å². The number of thiazole rings is 1. The third-order valence-electron chi connectivity index (χ3n) is 6.64. The van der Waals surface area contributed by atoms with E-state index in [1.54, 1.807) is 12.1 Å². The van der Waals surface area contributed by atoms with Crippen molar-refractivity contribution >= 4 is 44.1 Å². The molecule has 7 nitrogen and oxygen atoms in total. The second-order valence-electron chi connectivity index (χ2n) is 9.45. The van der Waals surface area contributed by atoms with Gasteiger partial charge >= 0.3 is 5.91 Å². The van der Waals surface area contributed by atoms with Crippen LogP contribution in [0.25, 0.3) is 16.0 Å². The number of rotatable bonds is 8. The van der Waals surface area contributed by atoms with Crippen LogP contribution >= 0.6 is 11.3 Å². The fourth-order valence-electron chi connectivity index (χ4n) is 4.76. The number of ketones is 1. The molecular formula is C30H29N3O4S. The molecule has 0 aliphatic carbocycles. The summed E-state index contributed by atoms with van der Waals surface area (Å²) >= 11 is 1.36. The van der Waals surface area contributed by atoms with E-state index in [0.717, 1.165) is 40.6 Å². The van der Waals surface area contributed by atoms with Gasteiger partial charge in [0.15, 0.2) is 5.13 Å². The van der Waals surface area contributed by atoms with Crippen LogP contribution in [0, 0.1) is 13.8 Å². The molecule has 38 heavy (non-hydrogen) atoms. The Morgan fingerprint density at radius 2 is 1.79 bits per heavy atom. The summed E-state index contributed by atoms with van der Waals surface area (Å²) in [6, 6.07) is 13.8. The Morgan fingerprint density at radius 3 is 2.50 bits per heavy atom. The van der Waals surface area contributed by atoms with Crippen LogP contribution in [0.5, 0.6) is 5.75 Å². The number of carbonyl (C=O) groups excluding carboxylic acids is 2. The third-order valence-corrected chi connectivity index (χ3v) is 7.64. The van der Waals surface area contributed by atoms with Crippen molar-refractivity contribution in [2.45, 2.75) is 46.1 Å². The molecule has 1 amide bonds. The summed E-state index contributed by atoms with van der Waals surface area (Å²) in [7, 11) is 0. The number of benzene rings is 2. The molecule has 0 bridgehead atoms. The zero-order valence-electron chi connectivity index (χ0n) is 21.6. The smallest absolute Gasteiger partial charge is 0.301 e. The number of hydrogen-bond donors (Lipinski definition) is 1.